The minimum absolute atomic E-state index is 0.0546. The van der Waals surface area contributed by atoms with Crippen LogP contribution in [0.25, 0.3) is 0 Å². The van der Waals surface area contributed by atoms with E-state index in [4.69, 9.17) is 21.7 Å². The van der Waals surface area contributed by atoms with E-state index >= 15 is 0 Å². The second-order valence-corrected chi connectivity index (χ2v) is 7.60. The highest BCUT2D eigenvalue weighted by atomic mass is 16.4. The molecule has 15 heteroatoms. The van der Waals surface area contributed by atoms with Gasteiger partial charge in [0.05, 0.1) is 12.5 Å². The zero-order chi connectivity index (χ0) is 26.4. The van der Waals surface area contributed by atoms with Crippen molar-refractivity contribution in [2.24, 2.45) is 11.5 Å². The van der Waals surface area contributed by atoms with E-state index in [2.05, 4.69) is 10.6 Å². The smallest absolute Gasteiger partial charge is 0.326 e. The number of aliphatic hydroxyl groups is 1. The lowest BCUT2D eigenvalue weighted by atomic mass is 10.1. The van der Waals surface area contributed by atoms with Crippen LogP contribution in [-0.4, -0.2) is 92.9 Å². The number of nitrogens with two attached hydrogens (primary N) is 2. The lowest BCUT2D eigenvalue weighted by molar-refractivity contribution is -0.144. The third-order valence-corrected chi connectivity index (χ3v) is 4.68. The molecule has 0 aliphatic carbocycles. The van der Waals surface area contributed by atoms with Crippen LogP contribution in [0.4, 0.5) is 0 Å². The number of hydrogen-bond donors (Lipinski definition) is 9. The number of carboxylic acids is 3. The van der Waals surface area contributed by atoms with Gasteiger partial charge in [0, 0.05) is 6.42 Å². The van der Waals surface area contributed by atoms with Gasteiger partial charge in [-0.15, -0.1) is 0 Å². The summed E-state index contributed by atoms with van der Waals surface area (Å²) in [6.07, 6.45) is -2.27. The fourth-order valence-corrected chi connectivity index (χ4v) is 2.70. The Labute approximate surface area is 195 Å². The summed E-state index contributed by atoms with van der Waals surface area (Å²) in [5.41, 5.74) is 11.0. The van der Waals surface area contributed by atoms with Crippen molar-refractivity contribution in [1.82, 2.24) is 16.0 Å². The first kappa shape index (κ1) is 30.7. The van der Waals surface area contributed by atoms with Gasteiger partial charge < -0.3 is 47.8 Å². The number of nitrogens with one attached hydrogen (secondary N) is 3. The van der Waals surface area contributed by atoms with Crippen molar-refractivity contribution in [2.75, 3.05) is 6.54 Å². The fourth-order valence-electron chi connectivity index (χ4n) is 2.70. The SMILES string of the molecule is CC(O)C(N)C(=O)NC(CCCCN)C(=O)NC(CC(=O)O)C(=O)NC(CCC(=O)O)C(=O)O. The number of carboxylic acid groups (broad SMARTS) is 3. The molecule has 11 N–H and O–H groups in total. The van der Waals surface area contributed by atoms with Gasteiger partial charge >= 0.3 is 17.9 Å². The number of hydrogen-bond acceptors (Lipinski definition) is 9. The molecule has 15 nitrogen and oxygen atoms in total. The van der Waals surface area contributed by atoms with Crippen LogP contribution in [0, 0.1) is 0 Å². The standard InChI is InChI=1S/C19H33N5O10/c1-9(25)15(21)18(32)22-10(4-2-3-7-20)16(30)24-12(8-14(28)29)17(31)23-11(19(33)34)5-6-13(26)27/h9-12,15,25H,2-8,20-21H2,1H3,(H,22,32)(H,23,31)(H,24,30)(H,26,27)(H,28,29)(H,33,34). The van der Waals surface area contributed by atoms with Gasteiger partial charge in [-0.05, 0) is 39.2 Å². The molecule has 3 amide bonds. The zero-order valence-corrected chi connectivity index (χ0v) is 18.7. The molecule has 0 bridgehead atoms. The molecule has 0 spiro atoms. The van der Waals surface area contributed by atoms with Crippen LogP contribution in [0.2, 0.25) is 0 Å². The lowest BCUT2D eigenvalue weighted by Gasteiger charge is -2.25. The minimum Gasteiger partial charge on any atom is -0.481 e. The maximum atomic E-state index is 12.8. The van der Waals surface area contributed by atoms with Gasteiger partial charge in [0.15, 0.2) is 0 Å². The average molecular weight is 491 g/mol. The van der Waals surface area contributed by atoms with Crippen LogP contribution in [0.1, 0.15) is 45.4 Å². The predicted molar refractivity (Wildman–Crippen MR) is 115 cm³/mol. The van der Waals surface area contributed by atoms with Crippen molar-refractivity contribution >= 4 is 35.6 Å². The number of rotatable bonds is 17. The van der Waals surface area contributed by atoms with E-state index in [-0.39, 0.29) is 6.42 Å². The molecule has 0 aromatic heterocycles. The first-order valence-electron chi connectivity index (χ1n) is 10.5. The van der Waals surface area contributed by atoms with E-state index in [0.29, 0.717) is 19.4 Å². The predicted octanol–water partition coefficient (Wildman–Crippen LogP) is -3.30. The first-order valence-corrected chi connectivity index (χ1v) is 10.5. The molecular weight excluding hydrogens is 458 g/mol. The molecule has 0 aliphatic rings. The fraction of sp³-hybridized carbons (Fsp3) is 0.684. The van der Waals surface area contributed by atoms with Gasteiger partial charge in [-0.25, -0.2) is 4.79 Å². The molecule has 34 heavy (non-hydrogen) atoms. The Morgan fingerprint density at radius 1 is 0.765 bits per heavy atom. The molecule has 0 rings (SSSR count). The summed E-state index contributed by atoms with van der Waals surface area (Å²) in [4.78, 5) is 70.7. The van der Waals surface area contributed by atoms with Gasteiger partial charge in [0.1, 0.15) is 24.2 Å². The van der Waals surface area contributed by atoms with Gasteiger partial charge in [0.25, 0.3) is 0 Å². The van der Waals surface area contributed by atoms with Gasteiger partial charge in [0.2, 0.25) is 17.7 Å². The van der Waals surface area contributed by atoms with Crippen LogP contribution in [0.3, 0.4) is 0 Å². The molecule has 0 aromatic rings. The van der Waals surface area contributed by atoms with E-state index in [0.717, 1.165) is 0 Å². The Kier molecular flexibility index (Phi) is 14.0. The van der Waals surface area contributed by atoms with Crippen LogP contribution >= 0.6 is 0 Å². The highest BCUT2D eigenvalue weighted by Crippen LogP contribution is 2.05. The van der Waals surface area contributed by atoms with Crippen molar-refractivity contribution in [3.8, 4) is 0 Å². The minimum atomic E-state index is -1.73. The Morgan fingerprint density at radius 3 is 1.76 bits per heavy atom. The summed E-state index contributed by atoms with van der Waals surface area (Å²) in [7, 11) is 0. The average Bonchev–Trinajstić information content (AvgIpc) is 2.73. The number of carbonyl (C=O) groups is 6. The third-order valence-electron chi connectivity index (χ3n) is 4.68. The molecule has 0 saturated heterocycles. The highest BCUT2D eigenvalue weighted by molar-refractivity contribution is 5.95. The Bertz CT molecular complexity index is 745. The summed E-state index contributed by atoms with van der Waals surface area (Å²) in [5.74, 6) is -7.31. The van der Waals surface area contributed by atoms with Crippen molar-refractivity contribution in [1.29, 1.82) is 0 Å². The van der Waals surface area contributed by atoms with Crippen molar-refractivity contribution < 1.29 is 49.2 Å². The van der Waals surface area contributed by atoms with Crippen molar-refractivity contribution in [3.63, 3.8) is 0 Å². The summed E-state index contributed by atoms with van der Waals surface area (Å²) < 4.78 is 0. The second kappa shape index (κ2) is 15.5. The second-order valence-electron chi connectivity index (χ2n) is 7.60. The molecule has 5 atom stereocenters. The molecule has 0 aliphatic heterocycles. The molecule has 0 fully saturated rings. The van der Waals surface area contributed by atoms with E-state index in [1.165, 1.54) is 6.92 Å². The maximum absolute atomic E-state index is 12.8. The van der Waals surface area contributed by atoms with Gasteiger partial charge in [-0.3, -0.25) is 24.0 Å². The maximum Gasteiger partial charge on any atom is 0.326 e. The van der Waals surface area contributed by atoms with E-state index in [1.54, 1.807) is 0 Å². The molecule has 194 valence electrons. The highest BCUT2D eigenvalue weighted by Gasteiger charge is 2.32. The topological polar surface area (TPSA) is 271 Å². The normalized spacial score (nSPS) is 15.2. The Hall–Kier alpha value is -3.30. The first-order chi connectivity index (χ1) is 15.8. The largest absolute Gasteiger partial charge is 0.481 e. The quantitative estimate of drug-likeness (QED) is 0.0905. The van der Waals surface area contributed by atoms with Crippen molar-refractivity contribution in [3.05, 3.63) is 0 Å². The molecule has 0 radical (unpaired) electrons. The summed E-state index contributed by atoms with van der Waals surface area (Å²) in [6, 6.07) is -5.97. The Morgan fingerprint density at radius 2 is 1.29 bits per heavy atom. The third kappa shape index (κ3) is 12.1. The van der Waals surface area contributed by atoms with E-state index < -0.39 is 85.2 Å². The molecule has 0 aromatic carbocycles. The van der Waals surface area contributed by atoms with E-state index in [9.17, 15) is 39.0 Å². The monoisotopic (exact) mass is 491 g/mol. The Balaban J connectivity index is 5.53. The lowest BCUT2D eigenvalue weighted by Crippen LogP contribution is -2.58. The van der Waals surface area contributed by atoms with Crippen molar-refractivity contribution in [2.45, 2.75) is 75.7 Å². The number of amides is 3. The molecule has 5 unspecified atom stereocenters. The number of carbonyl (C=O) groups excluding carboxylic acids is 3. The molecule has 0 saturated carbocycles. The van der Waals surface area contributed by atoms with Crippen LogP contribution in [0.15, 0.2) is 0 Å². The van der Waals surface area contributed by atoms with Gasteiger partial charge in [-0.2, -0.15) is 0 Å². The van der Waals surface area contributed by atoms with Crippen LogP contribution in [-0.2, 0) is 28.8 Å². The number of aliphatic hydroxyl groups excluding tert-OH is 1. The summed E-state index contributed by atoms with van der Waals surface area (Å²) in [5, 5.41) is 43.0. The summed E-state index contributed by atoms with van der Waals surface area (Å²) in [6.45, 7) is 1.57. The van der Waals surface area contributed by atoms with Crippen LogP contribution in [0.5, 0.6) is 0 Å². The van der Waals surface area contributed by atoms with E-state index in [1.807, 2.05) is 5.32 Å². The molecule has 0 heterocycles. The summed E-state index contributed by atoms with van der Waals surface area (Å²) >= 11 is 0. The zero-order valence-electron chi connectivity index (χ0n) is 18.7. The molecular formula is C19H33N5O10. The number of aliphatic carboxylic acids is 3. The number of unbranched alkanes of at least 4 members (excludes halogenated alkanes) is 1. The van der Waals surface area contributed by atoms with Crippen LogP contribution < -0.4 is 27.4 Å². The van der Waals surface area contributed by atoms with Gasteiger partial charge in [-0.1, -0.05) is 0 Å².